The summed E-state index contributed by atoms with van der Waals surface area (Å²) >= 11 is 1.14. The van der Waals surface area contributed by atoms with Gasteiger partial charge in [-0.2, -0.15) is 5.26 Å². The Morgan fingerprint density at radius 1 is 1.31 bits per heavy atom. The van der Waals surface area contributed by atoms with Crippen molar-refractivity contribution < 1.29 is 9.13 Å². The van der Waals surface area contributed by atoms with Gasteiger partial charge in [0.25, 0.3) is 0 Å². The molecule has 2 N–H and O–H groups in total. The first-order valence-electron chi connectivity index (χ1n) is 13.8. The summed E-state index contributed by atoms with van der Waals surface area (Å²) < 4.78 is 21.4. The van der Waals surface area contributed by atoms with Crippen LogP contribution in [0, 0.1) is 17.2 Å². The summed E-state index contributed by atoms with van der Waals surface area (Å²) in [6.45, 7) is 13.1. The van der Waals surface area contributed by atoms with Crippen molar-refractivity contribution in [1.29, 1.82) is 5.26 Å². The lowest BCUT2D eigenvalue weighted by molar-refractivity contribution is 0.135. The lowest BCUT2D eigenvalue weighted by atomic mass is 9.81. The van der Waals surface area contributed by atoms with Gasteiger partial charge in [-0.15, -0.1) is 11.3 Å². The van der Waals surface area contributed by atoms with Gasteiger partial charge < -0.3 is 15.4 Å². The topological polar surface area (TPSA) is 88.1 Å². The van der Waals surface area contributed by atoms with Crippen LogP contribution in [0.25, 0.3) is 22.3 Å². The molecule has 1 atom stereocenters. The zero-order valence-electron chi connectivity index (χ0n) is 23.4. The maximum Gasteiger partial charge on any atom is 0.225 e. The minimum atomic E-state index is -0.372. The number of nitrogens with zero attached hydrogens (tertiary/aromatic N) is 4. The fraction of sp³-hybridized carbons (Fsp3) is 0.452. The number of aryl methyl sites for hydroxylation is 1. The van der Waals surface area contributed by atoms with Crippen LogP contribution in [0.3, 0.4) is 0 Å². The minimum absolute atomic E-state index is 0.333. The van der Waals surface area contributed by atoms with E-state index in [0.29, 0.717) is 40.1 Å². The van der Waals surface area contributed by atoms with Crippen molar-refractivity contribution in [3.8, 4) is 6.07 Å². The van der Waals surface area contributed by atoms with Crippen LogP contribution in [0.2, 0.25) is 0 Å². The third kappa shape index (κ3) is 4.62. The zero-order valence-corrected chi connectivity index (χ0v) is 24.3. The number of nitrogen functional groups attached to an aromatic ring is 1. The number of thiophene rings is 1. The fourth-order valence-corrected chi connectivity index (χ4v) is 6.90. The van der Waals surface area contributed by atoms with Crippen molar-refractivity contribution >= 4 is 44.6 Å². The number of anilines is 2. The van der Waals surface area contributed by atoms with Crippen molar-refractivity contribution in [3.05, 3.63) is 56.1 Å². The Bertz CT molecular complexity index is 1550. The first-order chi connectivity index (χ1) is 18.8. The van der Waals surface area contributed by atoms with Gasteiger partial charge in [0.2, 0.25) is 5.95 Å². The largest absolute Gasteiger partial charge is 0.389 e. The van der Waals surface area contributed by atoms with Crippen LogP contribution in [0.4, 0.5) is 15.3 Å². The van der Waals surface area contributed by atoms with E-state index in [1.165, 1.54) is 6.08 Å². The van der Waals surface area contributed by atoms with Crippen molar-refractivity contribution in [2.24, 2.45) is 5.92 Å². The molecule has 0 saturated carbocycles. The molecular formula is C31H36FN5OS. The van der Waals surface area contributed by atoms with Gasteiger partial charge in [0, 0.05) is 30.2 Å². The van der Waals surface area contributed by atoms with Crippen LogP contribution in [-0.4, -0.2) is 23.1 Å². The quantitative estimate of drug-likeness (QED) is 0.330. The highest BCUT2D eigenvalue weighted by molar-refractivity contribution is 7.17. The van der Waals surface area contributed by atoms with E-state index in [9.17, 15) is 5.26 Å². The van der Waals surface area contributed by atoms with E-state index in [1.54, 1.807) is 6.92 Å². The number of halogens is 1. The van der Waals surface area contributed by atoms with Gasteiger partial charge in [0.1, 0.15) is 16.9 Å². The number of ether oxygens (including phenoxy) is 1. The molecule has 0 spiro atoms. The lowest BCUT2D eigenvalue weighted by Gasteiger charge is -2.23. The number of aromatic nitrogens is 2. The van der Waals surface area contributed by atoms with Crippen molar-refractivity contribution in [3.63, 3.8) is 0 Å². The minimum Gasteiger partial charge on any atom is -0.389 e. The number of rotatable bonds is 7. The second-order valence-corrected chi connectivity index (χ2v) is 11.7. The molecule has 1 fully saturated rings. The maximum absolute atomic E-state index is 15.4. The molecule has 3 aromatic rings. The molecule has 0 amide bonds. The number of allylic oxidation sites excluding steroid dienone is 2. The second kappa shape index (κ2) is 11.1. The number of benzene rings is 1. The van der Waals surface area contributed by atoms with Gasteiger partial charge in [-0.05, 0) is 66.9 Å². The van der Waals surface area contributed by atoms with Crippen molar-refractivity contribution in [2.45, 2.75) is 73.5 Å². The zero-order chi connectivity index (χ0) is 27.8. The predicted molar refractivity (Wildman–Crippen MR) is 158 cm³/mol. The Morgan fingerprint density at radius 3 is 2.72 bits per heavy atom. The van der Waals surface area contributed by atoms with E-state index < -0.39 is 0 Å². The highest BCUT2D eigenvalue weighted by Crippen LogP contribution is 2.48. The molecule has 0 radical (unpaired) electrons. The first-order valence-corrected chi connectivity index (χ1v) is 14.7. The van der Waals surface area contributed by atoms with Gasteiger partial charge in [0.15, 0.2) is 0 Å². The molecule has 2 aromatic heterocycles. The Kier molecular flexibility index (Phi) is 7.75. The summed E-state index contributed by atoms with van der Waals surface area (Å²) in [6, 6.07) is 2.29. The molecule has 4 heterocycles. The Labute approximate surface area is 234 Å². The molecule has 39 heavy (non-hydrogen) atoms. The molecule has 8 heteroatoms. The van der Waals surface area contributed by atoms with Crippen molar-refractivity contribution in [2.75, 3.05) is 23.7 Å². The maximum atomic E-state index is 15.4. The highest BCUT2D eigenvalue weighted by Gasteiger charge is 2.32. The summed E-state index contributed by atoms with van der Waals surface area (Å²) in [5.41, 5.74) is 14.4. The summed E-state index contributed by atoms with van der Waals surface area (Å²) in [7, 11) is 0. The van der Waals surface area contributed by atoms with Crippen LogP contribution >= 0.6 is 11.3 Å². The van der Waals surface area contributed by atoms with Crippen LogP contribution < -0.4 is 10.6 Å². The third-order valence-corrected chi connectivity index (χ3v) is 9.06. The summed E-state index contributed by atoms with van der Waals surface area (Å²) in [4.78, 5) is 12.7. The van der Waals surface area contributed by atoms with Gasteiger partial charge in [-0.1, -0.05) is 38.8 Å². The van der Waals surface area contributed by atoms with E-state index in [1.807, 2.05) is 6.20 Å². The molecule has 1 saturated heterocycles. The molecule has 1 unspecified atom stereocenters. The van der Waals surface area contributed by atoms with E-state index in [2.05, 4.69) is 38.7 Å². The third-order valence-electron chi connectivity index (χ3n) is 8.03. The van der Waals surface area contributed by atoms with E-state index >= 15 is 4.39 Å². The lowest BCUT2D eigenvalue weighted by Crippen LogP contribution is -2.22. The van der Waals surface area contributed by atoms with Gasteiger partial charge >= 0.3 is 0 Å². The summed E-state index contributed by atoms with van der Waals surface area (Å²) in [6.07, 6.45) is 6.97. The van der Waals surface area contributed by atoms with Crippen LogP contribution in [0.5, 0.6) is 0 Å². The smallest absolute Gasteiger partial charge is 0.225 e. The number of nitrogens with two attached hydrogens (primary N) is 1. The van der Waals surface area contributed by atoms with Crippen molar-refractivity contribution in [1.82, 2.24) is 9.97 Å². The number of fused-ring (bicyclic) bond motifs is 3. The second-order valence-electron chi connectivity index (χ2n) is 10.6. The van der Waals surface area contributed by atoms with Crippen LogP contribution in [0.1, 0.15) is 92.1 Å². The summed E-state index contributed by atoms with van der Waals surface area (Å²) in [5, 5.41) is 11.5. The fourth-order valence-electron chi connectivity index (χ4n) is 5.91. The average Bonchev–Trinajstić information content (AvgIpc) is 3.68. The first kappa shape index (κ1) is 27.3. The van der Waals surface area contributed by atoms with E-state index in [4.69, 9.17) is 20.4 Å². The molecule has 2 aliphatic rings. The Balaban J connectivity index is 1.89. The summed E-state index contributed by atoms with van der Waals surface area (Å²) in [5.74, 6) is 0.992. The van der Waals surface area contributed by atoms with E-state index in [0.717, 1.165) is 100 Å². The Morgan fingerprint density at radius 2 is 2.08 bits per heavy atom. The van der Waals surface area contributed by atoms with E-state index in [-0.39, 0.29) is 5.83 Å². The SMILES string of the molecule is C/C=C(/F)c1sc(N)c(C#N)c1/C(=C(\C)CC)c1c2c(c3cnc(N4CCC(C)C4)nc3c1CCC)COC2. The molecule has 2 aliphatic heterocycles. The molecule has 5 rings (SSSR count). The molecule has 204 valence electrons. The van der Waals surface area contributed by atoms with Crippen LogP contribution in [0.15, 0.2) is 17.8 Å². The van der Waals surface area contributed by atoms with Gasteiger partial charge in [-0.3, -0.25) is 0 Å². The predicted octanol–water partition coefficient (Wildman–Crippen LogP) is 7.54. The van der Waals surface area contributed by atoms with Gasteiger partial charge in [-0.25, -0.2) is 14.4 Å². The normalized spacial score (nSPS) is 18.0. The van der Waals surface area contributed by atoms with Crippen LogP contribution in [-0.2, 0) is 24.4 Å². The molecule has 1 aromatic carbocycles. The standard InChI is InChI=1S/C31H36FN5OS/c1-6-9-19-26(25(18(5)7-2)27-20(12-33)30(34)39-29(27)24(32)8-3)23-16-38-15-22(23)21-13-35-31(36-28(19)21)37-11-10-17(4)14-37/h8,13,17H,6-7,9-11,14-16,34H2,1-5H3/b24-8+,25-18+. The average molecular weight is 546 g/mol. The molecule has 0 aliphatic carbocycles. The molecule has 6 nitrogen and oxygen atoms in total. The molecular weight excluding hydrogens is 509 g/mol. The number of nitriles is 1. The Hall–Kier alpha value is -3.28. The van der Waals surface area contributed by atoms with Gasteiger partial charge in [0.05, 0.1) is 29.2 Å². The monoisotopic (exact) mass is 545 g/mol. The molecule has 0 bridgehead atoms. The number of hydrogen-bond donors (Lipinski definition) is 1. The number of hydrogen-bond acceptors (Lipinski definition) is 7. The highest BCUT2D eigenvalue weighted by atomic mass is 32.1.